The number of hydrogen-bond acceptors (Lipinski definition) is 8. The number of aromatic nitrogens is 3. The van der Waals surface area contributed by atoms with Gasteiger partial charge in [-0.2, -0.15) is 19.0 Å². The zero-order chi connectivity index (χ0) is 22.0. The second-order valence-corrected chi connectivity index (χ2v) is 7.29. The second-order valence-electron chi connectivity index (χ2n) is 7.29. The summed E-state index contributed by atoms with van der Waals surface area (Å²) in [6, 6.07) is 6.74. The van der Waals surface area contributed by atoms with Crippen molar-refractivity contribution < 1.29 is 18.0 Å². The monoisotopic (exact) mass is 428 g/mol. The highest BCUT2D eigenvalue weighted by molar-refractivity contribution is 5.95. The zero-order valence-corrected chi connectivity index (χ0v) is 17.3. The maximum absolute atomic E-state index is 12.7. The van der Waals surface area contributed by atoms with Crippen LogP contribution in [0.5, 0.6) is 5.75 Å². The average Bonchev–Trinajstić information content (AvgIpc) is 3.27. The number of alkyl halides is 2. The van der Waals surface area contributed by atoms with Crippen molar-refractivity contribution in [2.45, 2.75) is 32.9 Å². The number of rotatable bonds is 6. The molecule has 8 nitrogen and oxygen atoms in total. The van der Waals surface area contributed by atoms with Crippen LogP contribution in [0, 0.1) is 11.3 Å². The van der Waals surface area contributed by atoms with E-state index < -0.39 is 6.61 Å². The number of nitriles is 1. The standard InChI is InChI=1S/C21H22F2N6O2/c1-3-18-26-20(31-27-18)13(2)28-6-8-29(9-7-28)19-14(11-24)12-25-17-5-4-15(10-16(17)19)30-21(22)23/h4-5,10,12-13,21H,3,6-9H2,1-2H3. The Bertz CT molecular complexity index is 1100. The van der Waals surface area contributed by atoms with Gasteiger partial charge in [0.15, 0.2) is 5.82 Å². The third-order valence-corrected chi connectivity index (χ3v) is 5.49. The van der Waals surface area contributed by atoms with Gasteiger partial charge in [-0.05, 0) is 25.1 Å². The van der Waals surface area contributed by atoms with E-state index >= 15 is 0 Å². The van der Waals surface area contributed by atoms with Crippen molar-refractivity contribution in [3.63, 3.8) is 0 Å². The Hall–Kier alpha value is -3.32. The molecule has 0 spiro atoms. The van der Waals surface area contributed by atoms with Crippen LogP contribution >= 0.6 is 0 Å². The van der Waals surface area contributed by atoms with Crippen molar-refractivity contribution >= 4 is 16.6 Å². The molecule has 1 unspecified atom stereocenters. The molecule has 1 aromatic carbocycles. The minimum absolute atomic E-state index is 0.0226. The smallest absolute Gasteiger partial charge is 0.387 e. The van der Waals surface area contributed by atoms with Gasteiger partial charge in [-0.3, -0.25) is 9.88 Å². The van der Waals surface area contributed by atoms with Crippen LogP contribution < -0.4 is 9.64 Å². The molecule has 10 heteroatoms. The van der Waals surface area contributed by atoms with Crippen molar-refractivity contribution in [3.05, 3.63) is 41.7 Å². The third-order valence-electron chi connectivity index (χ3n) is 5.49. The summed E-state index contributed by atoms with van der Waals surface area (Å²) in [4.78, 5) is 13.0. The van der Waals surface area contributed by atoms with E-state index in [1.54, 1.807) is 6.07 Å². The van der Waals surface area contributed by atoms with Gasteiger partial charge < -0.3 is 14.2 Å². The molecule has 0 bridgehead atoms. The first kappa shape index (κ1) is 20.9. The fourth-order valence-corrected chi connectivity index (χ4v) is 3.83. The van der Waals surface area contributed by atoms with E-state index in [4.69, 9.17) is 4.52 Å². The second kappa shape index (κ2) is 8.81. The molecule has 4 rings (SSSR count). The Balaban J connectivity index is 1.58. The highest BCUT2D eigenvalue weighted by atomic mass is 19.3. The summed E-state index contributed by atoms with van der Waals surface area (Å²) in [6.45, 7) is 3.80. The van der Waals surface area contributed by atoms with E-state index in [0.717, 1.165) is 0 Å². The highest BCUT2D eigenvalue weighted by Crippen LogP contribution is 2.33. The molecule has 162 valence electrons. The van der Waals surface area contributed by atoms with Crippen molar-refractivity contribution in [3.8, 4) is 11.8 Å². The minimum atomic E-state index is -2.92. The van der Waals surface area contributed by atoms with E-state index in [9.17, 15) is 14.0 Å². The van der Waals surface area contributed by atoms with Gasteiger partial charge >= 0.3 is 6.61 Å². The van der Waals surface area contributed by atoms with Crippen LogP contribution in [0.2, 0.25) is 0 Å². The molecule has 3 heterocycles. The fourth-order valence-electron chi connectivity index (χ4n) is 3.83. The minimum Gasteiger partial charge on any atom is -0.435 e. The van der Waals surface area contributed by atoms with Gasteiger partial charge in [-0.1, -0.05) is 12.1 Å². The van der Waals surface area contributed by atoms with E-state index in [2.05, 4.69) is 35.7 Å². The quantitative estimate of drug-likeness (QED) is 0.589. The Kier molecular flexibility index (Phi) is 5.95. The summed E-state index contributed by atoms with van der Waals surface area (Å²) >= 11 is 0. The van der Waals surface area contributed by atoms with Gasteiger partial charge in [0.1, 0.15) is 11.8 Å². The maximum Gasteiger partial charge on any atom is 0.387 e. The van der Waals surface area contributed by atoms with Crippen LogP contribution in [0.15, 0.2) is 28.9 Å². The van der Waals surface area contributed by atoms with E-state index in [0.29, 0.717) is 66.5 Å². The van der Waals surface area contributed by atoms with Crippen molar-refractivity contribution in [2.75, 3.05) is 31.1 Å². The normalized spacial score (nSPS) is 15.9. The van der Waals surface area contributed by atoms with Crippen LogP contribution in [-0.2, 0) is 6.42 Å². The van der Waals surface area contributed by atoms with Gasteiger partial charge in [-0.25, -0.2) is 0 Å². The Morgan fingerprint density at radius 3 is 2.68 bits per heavy atom. The zero-order valence-electron chi connectivity index (χ0n) is 17.3. The Morgan fingerprint density at radius 1 is 1.26 bits per heavy atom. The van der Waals surface area contributed by atoms with Crippen molar-refractivity contribution in [1.82, 2.24) is 20.0 Å². The third kappa shape index (κ3) is 4.27. The maximum atomic E-state index is 12.7. The average molecular weight is 428 g/mol. The Morgan fingerprint density at radius 2 is 2.03 bits per heavy atom. The van der Waals surface area contributed by atoms with Crippen LogP contribution in [0.3, 0.4) is 0 Å². The fraction of sp³-hybridized carbons (Fsp3) is 0.429. The number of nitrogens with zero attached hydrogens (tertiary/aromatic N) is 6. The first-order valence-electron chi connectivity index (χ1n) is 10.1. The van der Waals surface area contributed by atoms with E-state index in [1.807, 2.05) is 13.8 Å². The molecule has 0 N–H and O–H groups in total. The summed E-state index contributed by atoms with van der Waals surface area (Å²) < 4.78 is 35.3. The lowest BCUT2D eigenvalue weighted by molar-refractivity contribution is -0.0497. The number of fused-ring (bicyclic) bond motifs is 1. The lowest BCUT2D eigenvalue weighted by atomic mass is 10.1. The molecule has 0 aliphatic carbocycles. The number of aryl methyl sites for hydroxylation is 1. The molecule has 31 heavy (non-hydrogen) atoms. The molecule has 2 aromatic heterocycles. The number of piperazine rings is 1. The van der Waals surface area contributed by atoms with Gasteiger partial charge in [-0.15, -0.1) is 0 Å². The molecule has 3 aromatic rings. The van der Waals surface area contributed by atoms with Crippen LogP contribution in [0.4, 0.5) is 14.5 Å². The topological polar surface area (TPSA) is 91.3 Å². The first-order chi connectivity index (χ1) is 15.0. The summed E-state index contributed by atoms with van der Waals surface area (Å²) in [5, 5.41) is 14.2. The van der Waals surface area contributed by atoms with Crippen molar-refractivity contribution in [2.24, 2.45) is 0 Å². The lowest BCUT2D eigenvalue weighted by Crippen LogP contribution is -2.47. The van der Waals surface area contributed by atoms with Crippen LogP contribution in [-0.4, -0.2) is 52.8 Å². The number of hydrogen-bond donors (Lipinski definition) is 0. The molecule has 0 saturated carbocycles. The van der Waals surface area contributed by atoms with E-state index in [-0.39, 0.29) is 11.8 Å². The summed E-state index contributed by atoms with van der Waals surface area (Å²) in [6.07, 6.45) is 2.23. The van der Waals surface area contributed by atoms with Gasteiger partial charge in [0.25, 0.3) is 0 Å². The predicted octanol–water partition coefficient (Wildman–Crippen LogP) is 3.54. The molecular weight excluding hydrogens is 406 g/mol. The van der Waals surface area contributed by atoms with Gasteiger partial charge in [0.2, 0.25) is 5.89 Å². The SMILES string of the molecule is CCc1noc(C(C)N2CCN(c3c(C#N)cnc4ccc(OC(F)F)cc34)CC2)n1. The molecule has 0 amide bonds. The molecule has 0 radical (unpaired) electrons. The molecule has 1 atom stereocenters. The van der Waals surface area contributed by atoms with Crippen LogP contribution in [0.1, 0.15) is 37.2 Å². The first-order valence-corrected chi connectivity index (χ1v) is 10.1. The number of benzene rings is 1. The largest absolute Gasteiger partial charge is 0.435 e. The number of halogens is 2. The molecular formula is C21H22F2N6O2. The van der Waals surface area contributed by atoms with Crippen LogP contribution in [0.25, 0.3) is 10.9 Å². The molecule has 1 fully saturated rings. The number of anilines is 1. The van der Waals surface area contributed by atoms with E-state index in [1.165, 1.54) is 18.3 Å². The predicted molar refractivity (Wildman–Crippen MR) is 109 cm³/mol. The van der Waals surface area contributed by atoms with Gasteiger partial charge in [0, 0.05) is 44.2 Å². The highest BCUT2D eigenvalue weighted by Gasteiger charge is 2.27. The summed E-state index contributed by atoms with van der Waals surface area (Å²) in [5.74, 6) is 1.31. The lowest BCUT2D eigenvalue weighted by Gasteiger charge is -2.38. The number of pyridine rings is 1. The summed E-state index contributed by atoms with van der Waals surface area (Å²) in [5.41, 5.74) is 1.70. The summed E-state index contributed by atoms with van der Waals surface area (Å²) in [7, 11) is 0. The molecule has 1 aliphatic heterocycles. The Labute approximate surface area is 178 Å². The molecule has 1 saturated heterocycles. The van der Waals surface area contributed by atoms with Gasteiger partial charge in [0.05, 0.1) is 22.8 Å². The molecule has 1 aliphatic rings. The van der Waals surface area contributed by atoms with Crippen molar-refractivity contribution in [1.29, 1.82) is 5.26 Å². The number of ether oxygens (including phenoxy) is 1.